The number of carbonyl (C=O) groups is 3. The molecule has 12 nitrogen and oxygen atoms in total. The van der Waals surface area contributed by atoms with E-state index in [-0.39, 0.29) is 55.6 Å². The number of allylic oxidation sites excluding steroid dienone is 1. The number of halogens is 1. The number of esters is 2. The van der Waals surface area contributed by atoms with Crippen LogP contribution in [0.15, 0.2) is 81.9 Å². The highest BCUT2D eigenvalue weighted by Crippen LogP contribution is 2.41. The van der Waals surface area contributed by atoms with Gasteiger partial charge in [0, 0.05) is 28.5 Å². The van der Waals surface area contributed by atoms with Gasteiger partial charge in [-0.1, -0.05) is 41.9 Å². The van der Waals surface area contributed by atoms with Gasteiger partial charge in [0.2, 0.25) is 0 Å². The average Bonchev–Trinajstić information content (AvgIpc) is 3.07. The van der Waals surface area contributed by atoms with Crippen molar-refractivity contribution < 1.29 is 33.3 Å². The van der Waals surface area contributed by atoms with Crippen LogP contribution >= 0.6 is 11.6 Å². The Morgan fingerprint density at radius 1 is 1.04 bits per heavy atom. The number of pyridine rings is 1. The maximum Gasteiger partial charge on any atom is 0.336 e. The van der Waals surface area contributed by atoms with Crippen LogP contribution in [0, 0.1) is 18.3 Å². The molecule has 0 spiro atoms. The third kappa shape index (κ3) is 8.31. The lowest BCUT2D eigenvalue weighted by Gasteiger charge is -2.31. The maximum atomic E-state index is 13.3. The molecule has 0 aliphatic carbocycles. The van der Waals surface area contributed by atoms with Crippen molar-refractivity contribution in [2.75, 3.05) is 40.1 Å². The number of nitriles is 1. The minimum atomic E-state index is -0.869. The van der Waals surface area contributed by atoms with E-state index < -0.39 is 23.4 Å². The molecule has 0 fully saturated rings. The van der Waals surface area contributed by atoms with Crippen molar-refractivity contribution >= 4 is 29.4 Å². The molecule has 1 aliphatic rings. The fourth-order valence-electron chi connectivity index (χ4n) is 5.23. The van der Waals surface area contributed by atoms with E-state index in [4.69, 9.17) is 35.8 Å². The Labute approximate surface area is 282 Å². The van der Waals surface area contributed by atoms with Crippen LogP contribution in [0.4, 0.5) is 0 Å². The molecule has 0 bridgehead atoms. The van der Waals surface area contributed by atoms with Crippen molar-refractivity contribution in [2.45, 2.75) is 26.7 Å². The van der Waals surface area contributed by atoms with E-state index in [1.807, 2.05) is 6.07 Å². The number of hydrogen-bond acceptors (Lipinski definition) is 10. The predicted molar refractivity (Wildman–Crippen MR) is 177 cm³/mol. The molecule has 2 heterocycles. The number of dihydropyridines is 1. The standard InChI is InChI=1S/C35H35ClN4O8/c1-5-47-35(44)32-28(39-21(3)30(34(43)45-4)31(32)25-8-6-7-9-27(25)36)18-46-15-14-38-29(41)19-48-24-12-10-22(11-13-24)26-16-23(17-37)33(42)40-20(26)2/h6-13,16,31,39H,5,14-15,18-19H2,1-4H3,(H,38,41)(H,40,42). The largest absolute Gasteiger partial charge is 0.484 e. The fourth-order valence-corrected chi connectivity index (χ4v) is 5.48. The van der Waals surface area contributed by atoms with Crippen LogP contribution in [0.2, 0.25) is 5.02 Å². The van der Waals surface area contributed by atoms with Crippen molar-refractivity contribution in [3.63, 3.8) is 0 Å². The van der Waals surface area contributed by atoms with Crippen LogP contribution in [0.5, 0.6) is 5.75 Å². The lowest BCUT2D eigenvalue weighted by Crippen LogP contribution is -2.35. The molecule has 3 N–H and O–H groups in total. The lowest BCUT2D eigenvalue weighted by molar-refractivity contribution is -0.139. The molecule has 1 atom stereocenters. The first-order chi connectivity index (χ1) is 23.1. The highest BCUT2D eigenvalue weighted by atomic mass is 35.5. The third-order valence-corrected chi connectivity index (χ3v) is 7.81. The van der Waals surface area contributed by atoms with Crippen molar-refractivity contribution in [2.24, 2.45) is 0 Å². The van der Waals surface area contributed by atoms with Gasteiger partial charge in [-0.05, 0) is 56.2 Å². The van der Waals surface area contributed by atoms with E-state index in [1.165, 1.54) is 13.2 Å². The van der Waals surface area contributed by atoms with Gasteiger partial charge in [-0.15, -0.1) is 0 Å². The first-order valence-electron chi connectivity index (χ1n) is 15.0. The molecule has 1 unspecified atom stereocenters. The molecular weight excluding hydrogens is 640 g/mol. The second-order valence-electron chi connectivity index (χ2n) is 10.6. The lowest BCUT2D eigenvalue weighted by atomic mass is 9.80. The van der Waals surface area contributed by atoms with Gasteiger partial charge in [0.1, 0.15) is 17.4 Å². The van der Waals surface area contributed by atoms with E-state index in [2.05, 4.69) is 15.6 Å². The first-order valence-corrected chi connectivity index (χ1v) is 15.4. The third-order valence-electron chi connectivity index (χ3n) is 7.47. The second kappa shape index (κ2) is 16.4. The van der Waals surface area contributed by atoms with Crippen LogP contribution in [0.25, 0.3) is 11.1 Å². The number of nitrogens with zero attached hydrogens (tertiary/aromatic N) is 1. The Bertz CT molecular complexity index is 1860. The maximum absolute atomic E-state index is 13.3. The summed E-state index contributed by atoms with van der Waals surface area (Å²) in [6, 6.07) is 17.2. The molecule has 0 radical (unpaired) electrons. The number of H-pyrrole nitrogens is 1. The number of carbonyl (C=O) groups excluding carboxylic acids is 3. The normalized spacial score (nSPS) is 14.1. The predicted octanol–water partition coefficient (Wildman–Crippen LogP) is 4.04. The Kier molecular flexibility index (Phi) is 12.2. The monoisotopic (exact) mass is 674 g/mol. The minimum absolute atomic E-state index is 0.0173. The smallest absolute Gasteiger partial charge is 0.336 e. The first kappa shape index (κ1) is 35.5. The summed E-state index contributed by atoms with van der Waals surface area (Å²) in [5.74, 6) is -2.04. The fraction of sp³-hybridized carbons (Fsp3) is 0.286. The van der Waals surface area contributed by atoms with Crippen molar-refractivity contribution in [3.8, 4) is 22.9 Å². The molecule has 4 rings (SSSR count). The summed E-state index contributed by atoms with van der Waals surface area (Å²) in [6.45, 7) is 5.20. The van der Waals surface area contributed by atoms with Crippen LogP contribution in [0.1, 0.15) is 36.6 Å². The summed E-state index contributed by atoms with van der Waals surface area (Å²) in [6.07, 6.45) is 0. The molecule has 0 saturated carbocycles. The van der Waals surface area contributed by atoms with E-state index in [9.17, 15) is 19.2 Å². The molecule has 48 heavy (non-hydrogen) atoms. The summed E-state index contributed by atoms with van der Waals surface area (Å²) < 4.78 is 21.8. The molecule has 1 amide bonds. The summed E-state index contributed by atoms with van der Waals surface area (Å²) in [5, 5.41) is 15.4. The van der Waals surface area contributed by atoms with Gasteiger partial charge in [0.15, 0.2) is 6.61 Å². The number of nitrogens with one attached hydrogen (secondary N) is 3. The van der Waals surface area contributed by atoms with Gasteiger partial charge in [0.05, 0.1) is 49.7 Å². The minimum Gasteiger partial charge on any atom is -0.484 e. The van der Waals surface area contributed by atoms with Crippen LogP contribution < -0.4 is 20.9 Å². The van der Waals surface area contributed by atoms with Gasteiger partial charge in [-0.25, -0.2) is 9.59 Å². The molecule has 2 aromatic carbocycles. The Balaban J connectivity index is 1.36. The number of ether oxygens (including phenoxy) is 4. The van der Waals surface area contributed by atoms with E-state index in [0.717, 1.165) is 5.56 Å². The molecule has 0 saturated heterocycles. The number of hydrogen-bond donors (Lipinski definition) is 3. The number of methoxy groups -OCH3 is 1. The molecule has 250 valence electrons. The van der Waals surface area contributed by atoms with Crippen molar-refractivity contribution in [1.29, 1.82) is 5.26 Å². The Hall–Kier alpha value is -5.38. The zero-order chi connectivity index (χ0) is 34.8. The van der Waals surface area contributed by atoms with Gasteiger partial charge in [-0.3, -0.25) is 9.59 Å². The number of rotatable bonds is 13. The zero-order valence-electron chi connectivity index (χ0n) is 26.9. The molecule has 13 heteroatoms. The van der Waals surface area contributed by atoms with Crippen molar-refractivity contribution in [3.05, 3.63) is 109 Å². The van der Waals surface area contributed by atoms with E-state index >= 15 is 0 Å². The second-order valence-corrected chi connectivity index (χ2v) is 11.0. The van der Waals surface area contributed by atoms with Crippen LogP contribution in [0.3, 0.4) is 0 Å². The van der Waals surface area contributed by atoms with Crippen LogP contribution in [-0.2, 0) is 28.6 Å². The highest BCUT2D eigenvalue weighted by Gasteiger charge is 2.39. The Morgan fingerprint density at radius 2 is 1.77 bits per heavy atom. The van der Waals surface area contributed by atoms with Gasteiger partial charge < -0.3 is 34.6 Å². The molecule has 3 aromatic rings. The number of aromatic amines is 1. The molecule has 1 aromatic heterocycles. The summed E-state index contributed by atoms with van der Waals surface area (Å²) in [7, 11) is 1.26. The highest BCUT2D eigenvalue weighted by molar-refractivity contribution is 6.31. The SMILES string of the molecule is CCOC(=O)C1=C(COCCNC(=O)COc2ccc(-c3cc(C#N)c(=O)[nH]c3C)cc2)NC(C)=C(C(=O)OC)C1c1ccccc1Cl. The van der Waals surface area contributed by atoms with Gasteiger partial charge in [0.25, 0.3) is 11.5 Å². The average molecular weight is 675 g/mol. The molecule has 1 aliphatic heterocycles. The van der Waals surface area contributed by atoms with E-state index in [0.29, 0.717) is 39.0 Å². The Morgan fingerprint density at radius 3 is 2.44 bits per heavy atom. The number of benzene rings is 2. The van der Waals surface area contributed by atoms with Crippen molar-refractivity contribution in [1.82, 2.24) is 15.6 Å². The van der Waals surface area contributed by atoms with Gasteiger partial charge in [-0.2, -0.15) is 5.26 Å². The summed E-state index contributed by atoms with van der Waals surface area (Å²) in [5.41, 5.74) is 3.46. The zero-order valence-corrected chi connectivity index (χ0v) is 27.7. The van der Waals surface area contributed by atoms with E-state index in [1.54, 1.807) is 69.3 Å². The number of amides is 1. The number of aryl methyl sites for hydroxylation is 1. The van der Waals surface area contributed by atoms with Gasteiger partial charge >= 0.3 is 11.9 Å². The molecular formula is C35H35ClN4O8. The number of aromatic nitrogens is 1. The summed E-state index contributed by atoms with van der Waals surface area (Å²) >= 11 is 6.53. The quantitative estimate of drug-likeness (QED) is 0.178. The van der Waals surface area contributed by atoms with Crippen LogP contribution in [-0.4, -0.2) is 62.9 Å². The summed E-state index contributed by atoms with van der Waals surface area (Å²) in [4.78, 5) is 53.1. The topological polar surface area (TPSA) is 169 Å².